The summed E-state index contributed by atoms with van der Waals surface area (Å²) in [6.07, 6.45) is 5.51. The summed E-state index contributed by atoms with van der Waals surface area (Å²) in [4.78, 5) is 42.5. The minimum Gasteiger partial charge on any atom is -0.397 e. The number of fused-ring (bicyclic) bond motifs is 1. The van der Waals surface area contributed by atoms with Gasteiger partial charge in [0.15, 0.2) is 15.5 Å². The molecule has 1 aliphatic rings. The van der Waals surface area contributed by atoms with Crippen molar-refractivity contribution in [1.29, 1.82) is 0 Å². The Morgan fingerprint density at radius 1 is 1.24 bits per heavy atom. The summed E-state index contributed by atoms with van der Waals surface area (Å²) < 4.78 is 42.8. The monoisotopic (exact) mass is 591 g/mol. The third-order valence-corrected chi connectivity index (χ3v) is 8.51. The van der Waals surface area contributed by atoms with Crippen molar-refractivity contribution in [2.24, 2.45) is 0 Å². The van der Waals surface area contributed by atoms with Crippen molar-refractivity contribution in [3.05, 3.63) is 77.2 Å². The van der Waals surface area contributed by atoms with E-state index in [4.69, 9.17) is 5.73 Å². The third kappa shape index (κ3) is 5.00. The second-order valence-electron chi connectivity index (χ2n) is 10.1. The molecule has 0 aliphatic carbocycles. The molecule has 1 atom stereocenters. The van der Waals surface area contributed by atoms with E-state index >= 15 is 4.39 Å². The molecule has 1 aliphatic heterocycles. The van der Waals surface area contributed by atoms with Gasteiger partial charge in [-0.15, -0.1) is 0 Å². The van der Waals surface area contributed by atoms with Crippen LogP contribution in [0.25, 0.3) is 28.0 Å². The molecule has 3 aromatic heterocycles. The number of carbonyl (C=O) groups excluding carboxylic acids is 1. The first kappa shape index (κ1) is 28.9. The van der Waals surface area contributed by atoms with Gasteiger partial charge in [0.05, 0.1) is 27.9 Å². The van der Waals surface area contributed by atoms with Crippen LogP contribution in [0.15, 0.2) is 65.1 Å². The van der Waals surface area contributed by atoms with Crippen molar-refractivity contribution in [3.63, 3.8) is 0 Å². The van der Waals surface area contributed by atoms with Crippen LogP contribution < -0.4 is 16.3 Å². The minimum atomic E-state index is -3.81. The number of amides is 1. The number of anilines is 2. The topological polar surface area (TPSA) is 144 Å². The van der Waals surface area contributed by atoms with Gasteiger partial charge < -0.3 is 15.5 Å². The number of pyridine rings is 2. The van der Waals surface area contributed by atoms with E-state index in [1.165, 1.54) is 36.7 Å². The molecule has 2 N–H and O–H groups in total. The number of carbonyl (C=O) groups is 1. The number of aryl methyl sites for hydroxylation is 1. The molecular formula is C29H30FN7O4S. The molecule has 0 saturated carbocycles. The Bertz CT molecular complexity index is 1910. The molecular weight excluding hydrogens is 561 g/mol. The Balaban J connectivity index is 1.86. The fraction of sp³-hybridized carbons (Fsp3) is 0.276. The van der Waals surface area contributed by atoms with Gasteiger partial charge in [0.2, 0.25) is 5.91 Å². The molecule has 13 heteroatoms. The van der Waals surface area contributed by atoms with Gasteiger partial charge in [0.1, 0.15) is 17.3 Å². The Hall–Kier alpha value is -4.65. The zero-order chi connectivity index (χ0) is 30.3. The van der Waals surface area contributed by atoms with Gasteiger partial charge in [-0.1, -0.05) is 25.6 Å². The van der Waals surface area contributed by atoms with Crippen molar-refractivity contribution in [1.82, 2.24) is 24.4 Å². The summed E-state index contributed by atoms with van der Waals surface area (Å²) in [7, 11) is -3.81. The van der Waals surface area contributed by atoms with Crippen molar-refractivity contribution in [2.75, 3.05) is 36.5 Å². The number of piperazine rings is 1. The van der Waals surface area contributed by atoms with Crippen LogP contribution in [0.3, 0.4) is 0 Å². The summed E-state index contributed by atoms with van der Waals surface area (Å²) in [5, 5.41) is 0.198. The van der Waals surface area contributed by atoms with Crippen LogP contribution in [0.2, 0.25) is 0 Å². The summed E-state index contributed by atoms with van der Waals surface area (Å²) in [5.41, 5.74) is 6.32. The molecule has 1 fully saturated rings. The fourth-order valence-electron chi connectivity index (χ4n) is 5.34. The molecule has 0 unspecified atom stereocenters. The van der Waals surface area contributed by atoms with Crippen molar-refractivity contribution in [3.8, 4) is 16.9 Å². The largest absolute Gasteiger partial charge is 0.397 e. The highest BCUT2D eigenvalue weighted by Gasteiger charge is 2.31. The Morgan fingerprint density at radius 3 is 2.64 bits per heavy atom. The molecule has 11 nitrogen and oxygen atoms in total. The van der Waals surface area contributed by atoms with E-state index in [1.807, 2.05) is 18.7 Å². The number of aromatic nitrogens is 4. The van der Waals surface area contributed by atoms with Gasteiger partial charge in [-0.2, -0.15) is 4.98 Å². The summed E-state index contributed by atoms with van der Waals surface area (Å²) in [6.45, 7) is 8.23. The average Bonchev–Trinajstić information content (AvgIpc) is 2.96. The molecule has 0 spiro atoms. The molecule has 1 saturated heterocycles. The standard InChI is InChI=1S/C29H30FN7O4S/c1-5-18-8-7-9-23(42(4,40)41)26(18)37-28-20(14-21(30)25(33-28)19-10-11-32-15-22(19)31)27(34-29(37)39)36-13-12-35(16-17(36)3)24(38)6-2/h6-11,14-15,17H,2,5,12-13,16,31H2,1,3-4H3/t17-/m0/s1. The normalized spacial score (nSPS) is 15.7. The lowest BCUT2D eigenvalue weighted by Gasteiger charge is -2.40. The SMILES string of the molecule is C=CC(=O)N1CCN(c2nc(=O)n(-c3c(CC)cccc3S(C)(=O)=O)c3nc(-c4ccncc4N)c(F)cc23)[C@@H](C)C1. The number of nitrogen functional groups attached to an aromatic ring is 1. The van der Waals surface area contributed by atoms with E-state index < -0.39 is 21.3 Å². The Kier molecular flexibility index (Phi) is 7.54. The zero-order valence-electron chi connectivity index (χ0n) is 23.4. The molecule has 5 rings (SSSR count). The first-order chi connectivity index (χ1) is 20.0. The van der Waals surface area contributed by atoms with Crippen LogP contribution in [-0.4, -0.2) is 70.7 Å². The Morgan fingerprint density at radius 2 is 2.00 bits per heavy atom. The van der Waals surface area contributed by atoms with Gasteiger partial charge >= 0.3 is 5.69 Å². The zero-order valence-corrected chi connectivity index (χ0v) is 24.2. The summed E-state index contributed by atoms with van der Waals surface area (Å²) >= 11 is 0. The lowest BCUT2D eigenvalue weighted by molar-refractivity contribution is -0.126. The van der Waals surface area contributed by atoms with E-state index in [0.717, 1.165) is 10.8 Å². The number of hydrogen-bond acceptors (Lipinski definition) is 9. The van der Waals surface area contributed by atoms with Crippen LogP contribution in [-0.2, 0) is 21.1 Å². The molecule has 4 aromatic rings. The molecule has 42 heavy (non-hydrogen) atoms. The van der Waals surface area contributed by atoms with Gasteiger partial charge in [0, 0.05) is 43.7 Å². The highest BCUT2D eigenvalue weighted by atomic mass is 32.2. The molecule has 0 radical (unpaired) electrons. The van der Waals surface area contributed by atoms with Gasteiger partial charge in [-0.3, -0.25) is 9.78 Å². The maximum absolute atomic E-state index is 15.9. The fourth-order valence-corrected chi connectivity index (χ4v) is 6.24. The quantitative estimate of drug-likeness (QED) is 0.335. The average molecular weight is 592 g/mol. The lowest BCUT2D eigenvalue weighted by Crippen LogP contribution is -2.54. The minimum absolute atomic E-state index is 0.0141. The van der Waals surface area contributed by atoms with E-state index in [2.05, 4.69) is 21.5 Å². The van der Waals surface area contributed by atoms with Crippen molar-refractivity contribution >= 4 is 38.3 Å². The van der Waals surface area contributed by atoms with Gasteiger partial charge in [0.25, 0.3) is 0 Å². The second-order valence-corrected chi connectivity index (χ2v) is 12.1. The Labute approximate surface area is 242 Å². The number of sulfone groups is 1. The maximum Gasteiger partial charge on any atom is 0.355 e. The highest BCUT2D eigenvalue weighted by molar-refractivity contribution is 7.90. The van der Waals surface area contributed by atoms with Crippen molar-refractivity contribution in [2.45, 2.75) is 31.2 Å². The van der Waals surface area contributed by atoms with E-state index in [9.17, 15) is 18.0 Å². The number of nitrogens with zero attached hydrogens (tertiary/aromatic N) is 6. The summed E-state index contributed by atoms with van der Waals surface area (Å²) in [6, 6.07) is 7.20. The van der Waals surface area contributed by atoms with Gasteiger partial charge in [-0.25, -0.2) is 27.2 Å². The van der Waals surface area contributed by atoms with Crippen LogP contribution in [0.4, 0.5) is 15.9 Å². The van der Waals surface area contributed by atoms with Crippen molar-refractivity contribution < 1.29 is 17.6 Å². The molecule has 1 amide bonds. The van der Waals surface area contributed by atoms with E-state index in [-0.39, 0.29) is 56.3 Å². The van der Waals surface area contributed by atoms with Crippen LogP contribution in [0, 0.1) is 5.82 Å². The maximum atomic E-state index is 15.9. The number of rotatable bonds is 6. The predicted molar refractivity (Wildman–Crippen MR) is 159 cm³/mol. The predicted octanol–water partition coefficient (Wildman–Crippen LogP) is 2.75. The molecule has 0 bridgehead atoms. The van der Waals surface area contributed by atoms with Crippen LogP contribution >= 0.6 is 0 Å². The smallest absolute Gasteiger partial charge is 0.355 e. The number of para-hydroxylation sites is 1. The summed E-state index contributed by atoms with van der Waals surface area (Å²) in [5.74, 6) is -0.750. The third-order valence-electron chi connectivity index (χ3n) is 7.38. The number of halogens is 1. The first-order valence-electron chi connectivity index (χ1n) is 13.3. The molecule has 218 valence electrons. The molecule has 4 heterocycles. The molecule has 1 aromatic carbocycles. The number of benzene rings is 1. The van der Waals surface area contributed by atoms with Gasteiger partial charge in [-0.05, 0) is 43.2 Å². The highest BCUT2D eigenvalue weighted by Crippen LogP contribution is 2.34. The number of hydrogen-bond donors (Lipinski definition) is 1. The van der Waals surface area contributed by atoms with E-state index in [0.29, 0.717) is 31.6 Å². The van der Waals surface area contributed by atoms with Crippen LogP contribution in [0.5, 0.6) is 0 Å². The number of nitrogens with two attached hydrogens (primary N) is 1. The van der Waals surface area contributed by atoms with E-state index in [1.54, 1.807) is 17.0 Å². The second kappa shape index (κ2) is 11.0. The lowest BCUT2D eigenvalue weighted by atomic mass is 10.1. The first-order valence-corrected chi connectivity index (χ1v) is 15.2. The van der Waals surface area contributed by atoms with Crippen LogP contribution in [0.1, 0.15) is 19.4 Å².